The summed E-state index contributed by atoms with van der Waals surface area (Å²) in [5.41, 5.74) is 0.453. The van der Waals surface area contributed by atoms with Crippen LogP contribution in [0.3, 0.4) is 0 Å². The minimum absolute atomic E-state index is 0.00454. The SMILES string of the molecule is CCOC(=O)c1ccsc1NC(=O)CC1CCCCC1. The Balaban J connectivity index is 1.90. The lowest BCUT2D eigenvalue weighted by atomic mass is 9.87. The van der Waals surface area contributed by atoms with Crippen LogP contribution in [0.4, 0.5) is 5.00 Å². The number of carbonyl (C=O) groups is 2. The minimum Gasteiger partial charge on any atom is -0.462 e. The van der Waals surface area contributed by atoms with Crippen LogP contribution in [0.25, 0.3) is 0 Å². The van der Waals surface area contributed by atoms with Crippen molar-refractivity contribution in [3.05, 3.63) is 17.0 Å². The molecule has 0 spiro atoms. The first kappa shape index (κ1) is 15.0. The third-order valence-corrected chi connectivity index (χ3v) is 4.44. The van der Waals surface area contributed by atoms with Crippen LogP contribution in [-0.4, -0.2) is 18.5 Å². The number of anilines is 1. The molecule has 0 atom stereocenters. The van der Waals surface area contributed by atoms with Crippen molar-refractivity contribution in [2.24, 2.45) is 5.92 Å². The molecule has 1 heterocycles. The Hall–Kier alpha value is -1.36. The van der Waals surface area contributed by atoms with Gasteiger partial charge in [-0.15, -0.1) is 11.3 Å². The first-order valence-corrected chi connectivity index (χ1v) is 8.13. The van der Waals surface area contributed by atoms with Crippen LogP contribution in [0.5, 0.6) is 0 Å². The highest BCUT2D eigenvalue weighted by atomic mass is 32.1. The van der Waals surface area contributed by atoms with Crippen molar-refractivity contribution in [2.45, 2.75) is 45.4 Å². The number of carbonyl (C=O) groups excluding carboxylic acids is 2. The zero-order chi connectivity index (χ0) is 14.4. The highest BCUT2D eigenvalue weighted by Crippen LogP contribution is 2.28. The standard InChI is InChI=1S/C15H21NO3S/c1-2-19-15(18)12-8-9-20-14(12)16-13(17)10-11-6-4-3-5-7-11/h8-9,11H,2-7,10H2,1H3,(H,16,17). The Kier molecular flexibility index (Phi) is 5.59. The minimum atomic E-state index is -0.373. The van der Waals surface area contributed by atoms with E-state index in [0.717, 1.165) is 12.8 Å². The molecule has 1 amide bonds. The van der Waals surface area contributed by atoms with E-state index in [-0.39, 0.29) is 11.9 Å². The lowest BCUT2D eigenvalue weighted by Crippen LogP contribution is -2.19. The van der Waals surface area contributed by atoms with Gasteiger partial charge in [-0.3, -0.25) is 4.79 Å². The van der Waals surface area contributed by atoms with E-state index in [9.17, 15) is 9.59 Å². The number of esters is 1. The summed E-state index contributed by atoms with van der Waals surface area (Å²) in [6.45, 7) is 2.11. The van der Waals surface area contributed by atoms with Gasteiger partial charge >= 0.3 is 5.97 Å². The van der Waals surface area contributed by atoms with Crippen LogP contribution in [0, 0.1) is 5.92 Å². The molecule has 0 unspecified atom stereocenters. The monoisotopic (exact) mass is 295 g/mol. The second-order valence-corrected chi connectivity index (χ2v) is 6.06. The molecule has 1 aromatic heterocycles. The Bertz CT molecular complexity index is 463. The van der Waals surface area contributed by atoms with E-state index >= 15 is 0 Å². The highest BCUT2D eigenvalue weighted by Gasteiger charge is 2.20. The summed E-state index contributed by atoms with van der Waals surface area (Å²) in [6, 6.07) is 1.69. The number of hydrogen-bond donors (Lipinski definition) is 1. The molecule has 0 aromatic carbocycles. The van der Waals surface area contributed by atoms with E-state index in [0.29, 0.717) is 29.5 Å². The second kappa shape index (κ2) is 7.43. The smallest absolute Gasteiger partial charge is 0.341 e. The molecular formula is C15H21NO3S. The average Bonchev–Trinajstić information content (AvgIpc) is 2.88. The van der Waals surface area contributed by atoms with Crippen molar-refractivity contribution in [3.63, 3.8) is 0 Å². The molecule has 0 radical (unpaired) electrons. The van der Waals surface area contributed by atoms with Gasteiger partial charge in [0.1, 0.15) is 5.00 Å². The van der Waals surface area contributed by atoms with Crippen LogP contribution < -0.4 is 5.32 Å². The molecule has 1 aliphatic carbocycles. The van der Waals surface area contributed by atoms with Crippen LogP contribution in [-0.2, 0) is 9.53 Å². The number of nitrogens with one attached hydrogen (secondary N) is 1. The van der Waals surface area contributed by atoms with Gasteiger partial charge in [-0.1, -0.05) is 19.3 Å². The van der Waals surface area contributed by atoms with Gasteiger partial charge in [0.05, 0.1) is 12.2 Å². The van der Waals surface area contributed by atoms with Crippen LogP contribution >= 0.6 is 11.3 Å². The van der Waals surface area contributed by atoms with Gasteiger partial charge in [0, 0.05) is 6.42 Å². The Morgan fingerprint density at radius 1 is 1.35 bits per heavy atom. The van der Waals surface area contributed by atoms with Crippen LogP contribution in [0.15, 0.2) is 11.4 Å². The molecule has 2 rings (SSSR count). The van der Waals surface area contributed by atoms with Crippen molar-refractivity contribution in [1.82, 2.24) is 0 Å². The molecule has 0 saturated heterocycles. The predicted molar refractivity (Wildman–Crippen MR) is 80.1 cm³/mol. The molecule has 1 saturated carbocycles. The van der Waals surface area contributed by atoms with E-state index < -0.39 is 0 Å². The maximum Gasteiger partial charge on any atom is 0.341 e. The Labute approximate surface area is 123 Å². The maximum atomic E-state index is 12.1. The lowest BCUT2D eigenvalue weighted by Gasteiger charge is -2.20. The van der Waals surface area contributed by atoms with Gasteiger partial charge < -0.3 is 10.1 Å². The first-order valence-electron chi connectivity index (χ1n) is 7.25. The van der Waals surface area contributed by atoms with Gasteiger partial charge in [-0.05, 0) is 37.1 Å². The number of hydrogen-bond acceptors (Lipinski definition) is 4. The molecule has 1 fully saturated rings. The molecule has 1 aliphatic rings. The summed E-state index contributed by atoms with van der Waals surface area (Å²) in [6.07, 6.45) is 6.58. The summed E-state index contributed by atoms with van der Waals surface area (Å²) < 4.78 is 4.97. The van der Waals surface area contributed by atoms with Gasteiger partial charge in [0.25, 0.3) is 0 Å². The predicted octanol–water partition coefficient (Wildman–Crippen LogP) is 3.83. The number of thiophene rings is 1. The molecule has 20 heavy (non-hydrogen) atoms. The molecule has 110 valence electrons. The number of ether oxygens (including phenoxy) is 1. The number of rotatable bonds is 5. The van der Waals surface area contributed by atoms with E-state index in [1.165, 1.54) is 30.6 Å². The summed E-state index contributed by atoms with van der Waals surface area (Å²) in [5.74, 6) is 0.126. The fourth-order valence-corrected chi connectivity index (χ4v) is 3.40. The van der Waals surface area contributed by atoms with Crippen molar-refractivity contribution in [3.8, 4) is 0 Å². The fraction of sp³-hybridized carbons (Fsp3) is 0.600. The summed E-state index contributed by atoms with van der Waals surface area (Å²) in [7, 11) is 0. The van der Waals surface area contributed by atoms with Crippen molar-refractivity contribution >= 4 is 28.2 Å². The summed E-state index contributed by atoms with van der Waals surface area (Å²) in [4.78, 5) is 23.8. The van der Waals surface area contributed by atoms with E-state index in [2.05, 4.69) is 5.32 Å². The van der Waals surface area contributed by atoms with E-state index in [1.807, 2.05) is 0 Å². The third-order valence-electron chi connectivity index (χ3n) is 3.61. The molecule has 1 aromatic rings. The van der Waals surface area contributed by atoms with E-state index in [1.54, 1.807) is 18.4 Å². The normalized spacial score (nSPS) is 15.8. The van der Waals surface area contributed by atoms with Gasteiger partial charge in [0.15, 0.2) is 0 Å². The maximum absolute atomic E-state index is 12.1. The summed E-state index contributed by atoms with van der Waals surface area (Å²) >= 11 is 1.36. The van der Waals surface area contributed by atoms with Gasteiger partial charge in [-0.2, -0.15) is 0 Å². The second-order valence-electron chi connectivity index (χ2n) is 5.14. The number of amides is 1. The van der Waals surface area contributed by atoms with Crippen molar-refractivity contribution in [1.29, 1.82) is 0 Å². The Morgan fingerprint density at radius 3 is 2.80 bits per heavy atom. The van der Waals surface area contributed by atoms with Crippen molar-refractivity contribution in [2.75, 3.05) is 11.9 Å². The molecular weight excluding hydrogens is 274 g/mol. The largest absolute Gasteiger partial charge is 0.462 e. The van der Waals surface area contributed by atoms with Crippen molar-refractivity contribution < 1.29 is 14.3 Å². The average molecular weight is 295 g/mol. The zero-order valence-electron chi connectivity index (χ0n) is 11.8. The molecule has 0 bridgehead atoms. The fourth-order valence-electron chi connectivity index (χ4n) is 2.61. The van der Waals surface area contributed by atoms with Gasteiger partial charge in [-0.25, -0.2) is 4.79 Å². The van der Waals surface area contributed by atoms with Crippen LogP contribution in [0.2, 0.25) is 0 Å². The molecule has 0 aliphatic heterocycles. The quantitative estimate of drug-likeness (QED) is 0.840. The highest BCUT2D eigenvalue weighted by molar-refractivity contribution is 7.14. The van der Waals surface area contributed by atoms with Crippen LogP contribution in [0.1, 0.15) is 55.8 Å². The Morgan fingerprint density at radius 2 is 2.10 bits per heavy atom. The topological polar surface area (TPSA) is 55.4 Å². The third kappa shape index (κ3) is 4.07. The van der Waals surface area contributed by atoms with Gasteiger partial charge in [0.2, 0.25) is 5.91 Å². The lowest BCUT2D eigenvalue weighted by molar-refractivity contribution is -0.117. The summed E-state index contributed by atoms with van der Waals surface area (Å²) in [5, 5.41) is 5.25. The van der Waals surface area contributed by atoms with E-state index in [4.69, 9.17) is 4.74 Å². The first-order chi connectivity index (χ1) is 9.70. The molecule has 4 nitrogen and oxygen atoms in total. The molecule has 5 heteroatoms. The molecule has 1 N–H and O–H groups in total. The zero-order valence-corrected chi connectivity index (χ0v) is 12.6.